The van der Waals surface area contributed by atoms with E-state index in [4.69, 9.17) is 24.1 Å². The molecule has 0 aromatic heterocycles. The van der Waals surface area contributed by atoms with Crippen LogP contribution in [-0.2, 0) is 35.0 Å². The lowest BCUT2D eigenvalue weighted by molar-refractivity contribution is -0.360. The number of aromatic hydroxyl groups is 1. The molecule has 2 aliphatic heterocycles. The fourth-order valence-electron chi connectivity index (χ4n) is 4.02. The molecule has 0 spiro atoms. The number of hydrogen-bond donors (Lipinski definition) is 4. The van der Waals surface area contributed by atoms with Crippen molar-refractivity contribution in [3.63, 3.8) is 0 Å². The molecule has 10 nitrogen and oxygen atoms in total. The standard InChI is InChI=1S/C23H30O10/c1-2-14(11-24)15(9-18(26)27)10-19-31-12-17-22(33-19)20(28)21(29)23(32-17)30-8-7-13-3-5-16(25)6-4-13/h2-6,11,15,17,19-23,25,28-29H,7-10,12H2,1H3,(H,26,27)/b14-2-/t15-,17+,19+,20+,21+,22+,23+/m0/s1. The number of aliphatic carboxylic acids is 1. The molecule has 1 aromatic carbocycles. The summed E-state index contributed by atoms with van der Waals surface area (Å²) in [5.41, 5.74) is 1.25. The van der Waals surface area contributed by atoms with Crippen molar-refractivity contribution in [2.75, 3.05) is 13.2 Å². The van der Waals surface area contributed by atoms with Gasteiger partial charge in [0, 0.05) is 12.3 Å². The number of carboxylic acids is 1. The number of carbonyl (C=O) groups is 2. The van der Waals surface area contributed by atoms with Gasteiger partial charge in [0.25, 0.3) is 0 Å². The second-order valence-corrected chi connectivity index (χ2v) is 8.11. The predicted molar refractivity (Wildman–Crippen MR) is 113 cm³/mol. The first kappa shape index (κ1) is 25.3. The largest absolute Gasteiger partial charge is 0.508 e. The number of aliphatic hydroxyl groups is 2. The van der Waals surface area contributed by atoms with Crippen LogP contribution in [0.4, 0.5) is 0 Å². The second-order valence-electron chi connectivity index (χ2n) is 8.11. The van der Waals surface area contributed by atoms with Crippen LogP contribution < -0.4 is 0 Å². The number of benzene rings is 1. The highest BCUT2D eigenvalue weighted by molar-refractivity contribution is 5.76. The van der Waals surface area contributed by atoms with Crippen molar-refractivity contribution in [3.05, 3.63) is 41.5 Å². The van der Waals surface area contributed by atoms with Crippen LogP contribution in [0.2, 0.25) is 0 Å². The molecule has 2 fully saturated rings. The molecule has 33 heavy (non-hydrogen) atoms. The Morgan fingerprint density at radius 2 is 1.94 bits per heavy atom. The lowest BCUT2D eigenvalue weighted by Crippen LogP contribution is -2.63. The number of hydrogen-bond acceptors (Lipinski definition) is 9. The summed E-state index contributed by atoms with van der Waals surface area (Å²) in [4.78, 5) is 22.5. The van der Waals surface area contributed by atoms with Crippen LogP contribution in [0, 0.1) is 5.92 Å². The summed E-state index contributed by atoms with van der Waals surface area (Å²) < 4.78 is 22.8. The number of rotatable bonds is 10. The molecular formula is C23H30O10. The Morgan fingerprint density at radius 1 is 1.21 bits per heavy atom. The number of aliphatic hydroxyl groups excluding tert-OH is 2. The topological polar surface area (TPSA) is 152 Å². The number of aldehydes is 1. The number of phenolic OH excluding ortho intramolecular Hbond substituents is 1. The molecule has 7 atom stereocenters. The number of fused-ring (bicyclic) bond motifs is 1. The van der Waals surface area contributed by atoms with Crippen molar-refractivity contribution < 1.29 is 49.0 Å². The third kappa shape index (κ3) is 6.59. The minimum atomic E-state index is -1.36. The van der Waals surface area contributed by atoms with Gasteiger partial charge >= 0.3 is 5.97 Å². The number of ether oxygens (including phenoxy) is 4. The summed E-state index contributed by atoms with van der Waals surface area (Å²) in [5.74, 6) is -1.51. The zero-order chi connectivity index (χ0) is 24.0. The van der Waals surface area contributed by atoms with Crippen LogP contribution in [0.3, 0.4) is 0 Å². The van der Waals surface area contributed by atoms with E-state index in [1.165, 1.54) is 0 Å². The Kier molecular flexibility index (Phi) is 8.95. The molecule has 0 radical (unpaired) electrons. The minimum Gasteiger partial charge on any atom is -0.508 e. The van der Waals surface area contributed by atoms with Crippen molar-refractivity contribution in [2.45, 2.75) is 63.2 Å². The Morgan fingerprint density at radius 3 is 2.58 bits per heavy atom. The first-order valence-electron chi connectivity index (χ1n) is 10.8. The van der Waals surface area contributed by atoms with Crippen molar-refractivity contribution >= 4 is 12.3 Å². The second kappa shape index (κ2) is 11.7. The summed E-state index contributed by atoms with van der Waals surface area (Å²) >= 11 is 0. The highest BCUT2D eigenvalue weighted by Crippen LogP contribution is 2.32. The van der Waals surface area contributed by atoms with E-state index >= 15 is 0 Å². The Balaban J connectivity index is 1.55. The fraction of sp³-hybridized carbons (Fsp3) is 0.565. The molecule has 0 unspecified atom stereocenters. The Hall–Kier alpha value is -2.34. The third-order valence-electron chi connectivity index (χ3n) is 5.84. The molecule has 0 saturated carbocycles. The quantitative estimate of drug-likeness (QED) is 0.287. The Labute approximate surface area is 191 Å². The maximum atomic E-state index is 11.3. The first-order valence-corrected chi connectivity index (χ1v) is 10.8. The monoisotopic (exact) mass is 466 g/mol. The highest BCUT2D eigenvalue weighted by Gasteiger charge is 2.49. The van der Waals surface area contributed by atoms with Crippen molar-refractivity contribution in [1.29, 1.82) is 0 Å². The molecule has 0 aliphatic carbocycles. The lowest BCUT2D eigenvalue weighted by Gasteiger charge is -2.46. The van der Waals surface area contributed by atoms with Gasteiger partial charge in [0.15, 0.2) is 12.6 Å². The van der Waals surface area contributed by atoms with Crippen LogP contribution in [-0.4, -0.2) is 82.9 Å². The van der Waals surface area contributed by atoms with Crippen LogP contribution in [0.5, 0.6) is 5.75 Å². The minimum absolute atomic E-state index is 0.0446. The molecule has 2 heterocycles. The SMILES string of the molecule is C/C=C(/C=O)[C@@H](CC(=O)O)C[C@@H]1OC[C@H]2O[C@@H](OCCc3ccc(O)cc3)[C@H](O)[C@@H](O)[C@@H]2O1. The van der Waals surface area contributed by atoms with Crippen LogP contribution in [0.25, 0.3) is 0 Å². The summed E-state index contributed by atoms with van der Waals surface area (Å²) in [6.45, 7) is 1.91. The van der Waals surface area contributed by atoms with Gasteiger partial charge in [0.2, 0.25) is 0 Å². The molecule has 1 aromatic rings. The van der Waals surface area contributed by atoms with Crippen molar-refractivity contribution in [2.24, 2.45) is 5.92 Å². The van der Waals surface area contributed by atoms with Crippen molar-refractivity contribution in [3.8, 4) is 5.75 Å². The van der Waals surface area contributed by atoms with E-state index in [0.29, 0.717) is 18.3 Å². The van der Waals surface area contributed by atoms with E-state index in [1.54, 1.807) is 37.3 Å². The smallest absolute Gasteiger partial charge is 0.303 e. The average Bonchev–Trinajstić information content (AvgIpc) is 2.79. The summed E-state index contributed by atoms with van der Waals surface area (Å²) in [5, 5.41) is 39.6. The fourth-order valence-corrected chi connectivity index (χ4v) is 4.02. The van der Waals surface area contributed by atoms with E-state index in [1.807, 2.05) is 0 Å². The summed E-state index contributed by atoms with van der Waals surface area (Å²) in [6, 6.07) is 6.65. The van der Waals surface area contributed by atoms with Gasteiger partial charge in [0.1, 0.15) is 36.5 Å². The number of allylic oxidation sites excluding steroid dienone is 2. The zero-order valence-electron chi connectivity index (χ0n) is 18.3. The molecular weight excluding hydrogens is 436 g/mol. The summed E-state index contributed by atoms with van der Waals surface area (Å²) in [6.07, 6.45) is -3.70. The van der Waals surface area contributed by atoms with E-state index < -0.39 is 48.9 Å². The molecule has 4 N–H and O–H groups in total. The maximum absolute atomic E-state index is 11.3. The van der Waals surface area contributed by atoms with Crippen molar-refractivity contribution in [1.82, 2.24) is 0 Å². The average molecular weight is 466 g/mol. The Bertz CT molecular complexity index is 821. The van der Waals surface area contributed by atoms with Gasteiger partial charge < -0.3 is 39.4 Å². The van der Waals surface area contributed by atoms with Gasteiger partial charge in [-0.05, 0) is 36.6 Å². The van der Waals surface area contributed by atoms with Crippen LogP contribution in [0.15, 0.2) is 35.9 Å². The van der Waals surface area contributed by atoms with E-state index in [-0.39, 0.29) is 31.8 Å². The van der Waals surface area contributed by atoms with Gasteiger partial charge in [-0.3, -0.25) is 9.59 Å². The molecule has 10 heteroatoms. The van der Waals surface area contributed by atoms with E-state index in [2.05, 4.69) is 0 Å². The number of carboxylic acid groups (broad SMARTS) is 1. The normalized spacial score (nSPS) is 30.9. The van der Waals surface area contributed by atoms with Gasteiger partial charge in [-0.25, -0.2) is 0 Å². The predicted octanol–water partition coefficient (Wildman–Crippen LogP) is 0.766. The first-order chi connectivity index (χ1) is 15.8. The van der Waals surface area contributed by atoms with E-state index in [9.17, 15) is 24.9 Å². The molecule has 0 bridgehead atoms. The summed E-state index contributed by atoms with van der Waals surface area (Å²) in [7, 11) is 0. The molecule has 0 amide bonds. The lowest BCUT2D eigenvalue weighted by atomic mass is 9.91. The van der Waals surface area contributed by atoms with Gasteiger partial charge in [-0.15, -0.1) is 0 Å². The number of carbonyl (C=O) groups excluding carboxylic acids is 1. The third-order valence-corrected chi connectivity index (χ3v) is 5.84. The number of phenols is 1. The zero-order valence-corrected chi connectivity index (χ0v) is 18.3. The van der Waals surface area contributed by atoms with Crippen LogP contribution in [0.1, 0.15) is 25.3 Å². The molecule has 2 aliphatic rings. The highest BCUT2D eigenvalue weighted by atomic mass is 16.8. The van der Waals surface area contributed by atoms with E-state index in [0.717, 1.165) is 5.56 Å². The molecule has 182 valence electrons. The molecule has 2 saturated heterocycles. The van der Waals surface area contributed by atoms with Gasteiger partial charge in [-0.1, -0.05) is 18.2 Å². The van der Waals surface area contributed by atoms with Gasteiger partial charge in [-0.2, -0.15) is 0 Å². The maximum Gasteiger partial charge on any atom is 0.303 e. The van der Waals surface area contributed by atoms with Gasteiger partial charge in [0.05, 0.1) is 19.6 Å². The molecule has 3 rings (SSSR count). The van der Waals surface area contributed by atoms with Crippen LogP contribution >= 0.6 is 0 Å².